The van der Waals surface area contributed by atoms with Crippen LogP contribution in [0.15, 0.2) is 47.9 Å². The molecule has 0 radical (unpaired) electrons. The molecule has 3 aromatic rings. The Morgan fingerprint density at radius 2 is 2.12 bits per heavy atom. The average Bonchev–Trinajstić information content (AvgIpc) is 3.26. The Morgan fingerprint density at radius 3 is 2.88 bits per heavy atom. The molecule has 3 rings (SSSR count). The Hall–Kier alpha value is -2.51. The van der Waals surface area contributed by atoms with Crippen LogP contribution in [0.2, 0.25) is 0 Å². The van der Waals surface area contributed by atoms with Crippen molar-refractivity contribution in [2.24, 2.45) is 0 Å². The van der Waals surface area contributed by atoms with Gasteiger partial charge in [0.1, 0.15) is 5.01 Å². The Morgan fingerprint density at radius 1 is 1.28 bits per heavy atom. The second-order valence-corrected chi connectivity index (χ2v) is 7.32. The fourth-order valence-corrected chi connectivity index (χ4v) is 3.61. The number of para-hydroxylation sites is 1. The summed E-state index contributed by atoms with van der Waals surface area (Å²) in [4.78, 5) is 29.3. The summed E-state index contributed by atoms with van der Waals surface area (Å²) in [6, 6.07) is 11.6. The number of rotatable bonds is 6. The van der Waals surface area contributed by atoms with Gasteiger partial charge in [0.2, 0.25) is 0 Å². The zero-order chi connectivity index (χ0) is 17.6. The minimum absolute atomic E-state index is 0.324. The van der Waals surface area contributed by atoms with E-state index >= 15 is 0 Å². The molecule has 128 valence electrons. The van der Waals surface area contributed by atoms with Gasteiger partial charge >= 0.3 is 5.97 Å². The normalized spacial score (nSPS) is 12.4. The van der Waals surface area contributed by atoms with Crippen molar-refractivity contribution in [1.82, 2.24) is 10.3 Å². The predicted molar refractivity (Wildman–Crippen MR) is 100 cm³/mol. The van der Waals surface area contributed by atoms with Crippen molar-refractivity contribution in [2.45, 2.75) is 19.6 Å². The van der Waals surface area contributed by atoms with E-state index in [1.165, 1.54) is 17.4 Å². The molecular formula is C18H16N2O3S2. The average molecular weight is 372 g/mol. The van der Waals surface area contributed by atoms with Gasteiger partial charge in [-0.15, -0.1) is 22.7 Å². The number of hydrogen-bond donors (Lipinski definition) is 1. The first-order valence-electron chi connectivity index (χ1n) is 7.66. The Balaban J connectivity index is 1.51. The number of carbonyl (C=O) groups excluding carboxylic acids is 2. The summed E-state index contributed by atoms with van der Waals surface area (Å²) in [7, 11) is 0. The maximum absolute atomic E-state index is 11.9. The topological polar surface area (TPSA) is 68.3 Å². The highest BCUT2D eigenvalue weighted by atomic mass is 32.1. The van der Waals surface area contributed by atoms with E-state index in [1.807, 2.05) is 41.8 Å². The lowest BCUT2D eigenvalue weighted by molar-refractivity contribution is -0.150. The molecular weight excluding hydrogens is 356 g/mol. The fraction of sp³-hybridized carbons (Fsp3) is 0.167. The van der Waals surface area contributed by atoms with E-state index in [0.717, 1.165) is 15.1 Å². The molecule has 7 heteroatoms. The van der Waals surface area contributed by atoms with Crippen LogP contribution in [-0.4, -0.2) is 23.0 Å². The minimum Gasteiger partial charge on any atom is -0.449 e. The zero-order valence-corrected chi connectivity index (χ0v) is 15.1. The second kappa shape index (κ2) is 8.04. The monoisotopic (exact) mass is 372 g/mol. The predicted octanol–water partition coefficient (Wildman–Crippen LogP) is 3.62. The van der Waals surface area contributed by atoms with Crippen molar-refractivity contribution in [3.05, 3.63) is 57.7 Å². The number of aromatic nitrogens is 1. The molecule has 1 amide bonds. The molecule has 1 aromatic carbocycles. The minimum atomic E-state index is -0.854. The summed E-state index contributed by atoms with van der Waals surface area (Å²) in [6.07, 6.45) is 2.04. The van der Waals surface area contributed by atoms with Crippen LogP contribution in [0.25, 0.3) is 16.3 Å². The molecule has 1 N–H and O–H groups in total. The molecule has 0 saturated carbocycles. The number of carbonyl (C=O) groups is 2. The van der Waals surface area contributed by atoms with Gasteiger partial charge < -0.3 is 10.1 Å². The number of nitrogens with one attached hydrogen (secondary N) is 1. The first-order valence-corrected chi connectivity index (χ1v) is 9.36. The number of thiophene rings is 1. The largest absolute Gasteiger partial charge is 0.449 e. The van der Waals surface area contributed by atoms with Gasteiger partial charge in [0.15, 0.2) is 6.10 Å². The number of nitrogens with zero attached hydrogens (tertiary/aromatic N) is 1. The molecule has 5 nitrogen and oxygen atoms in total. The van der Waals surface area contributed by atoms with Crippen molar-refractivity contribution >= 4 is 50.8 Å². The van der Waals surface area contributed by atoms with Crippen LogP contribution in [0, 0.1) is 0 Å². The van der Waals surface area contributed by atoms with Crippen LogP contribution in [-0.2, 0) is 20.9 Å². The molecule has 0 saturated heterocycles. The number of thiazole rings is 1. The van der Waals surface area contributed by atoms with Gasteiger partial charge in [-0.2, -0.15) is 0 Å². The van der Waals surface area contributed by atoms with Gasteiger partial charge in [-0.05, 0) is 36.6 Å². The van der Waals surface area contributed by atoms with Crippen LogP contribution in [0.5, 0.6) is 0 Å². The summed E-state index contributed by atoms with van der Waals surface area (Å²) in [6.45, 7) is 1.98. The van der Waals surface area contributed by atoms with Crippen molar-refractivity contribution in [3.8, 4) is 0 Å². The number of fused-ring (bicyclic) bond motifs is 1. The number of amides is 1. The van der Waals surface area contributed by atoms with Crippen LogP contribution in [0.1, 0.15) is 16.8 Å². The number of ether oxygens (including phenoxy) is 1. The lowest BCUT2D eigenvalue weighted by Crippen LogP contribution is -2.34. The van der Waals surface area contributed by atoms with Crippen molar-refractivity contribution in [1.29, 1.82) is 0 Å². The van der Waals surface area contributed by atoms with E-state index in [9.17, 15) is 9.59 Å². The van der Waals surface area contributed by atoms with Crippen molar-refractivity contribution in [2.75, 3.05) is 0 Å². The molecule has 1 atom stereocenters. The number of esters is 1. The third-order valence-corrected chi connectivity index (χ3v) is 5.23. The molecule has 2 aromatic heterocycles. The summed E-state index contributed by atoms with van der Waals surface area (Å²) in [5.74, 6) is -0.895. The van der Waals surface area contributed by atoms with E-state index in [1.54, 1.807) is 24.3 Å². The quantitative estimate of drug-likeness (QED) is 0.530. The highest BCUT2D eigenvalue weighted by Crippen LogP contribution is 2.22. The van der Waals surface area contributed by atoms with Crippen LogP contribution >= 0.6 is 22.7 Å². The van der Waals surface area contributed by atoms with Gasteiger partial charge in [0.25, 0.3) is 5.91 Å². The Labute approximate surface area is 153 Å². The molecule has 0 fully saturated rings. The van der Waals surface area contributed by atoms with E-state index in [0.29, 0.717) is 11.6 Å². The maximum atomic E-state index is 11.9. The molecule has 0 bridgehead atoms. The van der Waals surface area contributed by atoms with Crippen LogP contribution < -0.4 is 5.32 Å². The summed E-state index contributed by atoms with van der Waals surface area (Å²) < 4.78 is 6.17. The van der Waals surface area contributed by atoms with Gasteiger partial charge in [-0.25, -0.2) is 9.78 Å². The van der Waals surface area contributed by atoms with Crippen LogP contribution in [0.3, 0.4) is 0 Å². The van der Waals surface area contributed by atoms with Gasteiger partial charge in [-0.1, -0.05) is 18.2 Å². The van der Waals surface area contributed by atoms with E-state index < -0.39 is 12.1 Å². The molecule has 0 aliphatic rings. The van der Waals surface area contributed by atoms with E-state index in [2.05, 4.69) is 10.3 Å². The molecule has 0 spiro atoms. The lowest BCUT2D eigenvalue weighted by Gasteiger charge is -2.11. The zero-order valence-electron chi connectivity index (χ0n) is 13.5. The third-order valence-electron chi connectivity index (χ3n) is 3.35. The van der Waals surface area contributed by atoms with Crippen molar-refractivity contribution in [3.63, 3.8) is 0 Å². The molecule has 25 heavy (non-hydrogen) atoms. The SMILES string of the molecule is C[C@H](OC(=O)/C=C/c1nc2ccccc2s1)C(=O)NCc1cccs1. The fourth-order valence-electron chi connectivity index (χ4n) is 2.10. The van der Waals surface area contributed by atoms with Crippen molar-refractivity contribution < 1.29 is 14.3 Å². The first-order chi connectivity index (χ1) is 12.1. The van der Waals surface area contributed by atoms with Crippen LogP contribution in [0.4, 0.5) is 0 Å². The smallest absolute Gasteiger partial charge is 0.331 e. The Kier molecular flexibility index (Phi) is 5.57. The van der Waals surface area contributed by atoms with Gasteiger partial charge in [0, 0.05) is 11.0 Å². The molecule has 0 unspecified atom stereocenters. The highest BCUT2D eigenvalue weighted by Gasteiger charge is 2.16. The number of benzene rings is 1. The molecule has 0 aliphatic carbocycles. The Bertz CT molecular complexity index is 867. The van der Waals surface area contributed by atoms with E-state index in [-0.39, 0.29) is 5.91 Å². The second-order valence-electron chi connectivity index (χ2n) is 5.23. The standard InChI is InChI=1S/C18H16N2O3S2/c1-12(18(22)19-11-13-5-4-10-24-13)23-17(21)9-8-16-20-14-6-2-3-7-15(14)25-16/h2-10,12H,11H2,1H3,(H,19,22)/b9-8+/t12-/m0/s1. The number of hydrogen-bond acceptors (Lipinski definition) is 6. The molecule has 0 aliphatic heterocycles. The first kappa shape index (κ1) is 17.3. The maximum Gasteiger partial charge on any atom is 0.331 e. The lowest BCUT2D eigenvalue weighted by atomic mass is 10.3. The third kappa shape index (κ3) is 4.74. The van der Waals surface area contributed by atoms with Gasteiger partial charge in [0.05, 0.1) is 16.8 Å². The highest BCUT2D eigenvalue weighted by molar-refractivity contribution is 7.19. The molecule has 2 heterocycles. The van der Waals surface area contributed by atoms with E-state index in [4.69, 9.17) is 4.74 Å². The summed E-state index contributed by atoms with van der Waals surface area (Å²) in [5.41, 5.74) is 0.891. The summed E-state index contributed by atoms with van der Waals surface area (Å²) in [5, 5.41) is 5.40. The summed E-state index contributed by atoms with van der Waals surface area (Å²) >= 11 is 3.05. The van der Waals surface area contributed by atoms with Gasteiger partial charge in [-0.3, -0.25) is 4.79 Å².